The highest BCUT2D eigenvalue weighted by Gasteiger charge is 2.56. The van der Waals surface area contributed by atoms with E-state index in [1.165, 1.54) is 11.8 Å². The smallest absolute Gasteiger partial charge is 0.329 e. The van der Waals surface area contributed by atoms with Crippen molar-refractivity contribution in [3.05, 3.63) is 144 Å². The minimum atomic E-state index is -0.841. The Labute approximate surface area is 258 Å². The van der Waals surface area contributed by atoms with Gasteiger partial charge < -0.3 is 9.64 Å². The first-order valence-corrected chi connectivity index (χ1v) is 15.5. The molecule has 3 unspecified atom stereocenters. The molecule has 4 aromatic rings. The number of ether oxygens (including phenoxy) is 1. The van der Waals surface area contributed by atoms with E-state index in [0.29, 0.717) is 5.75 Å². The lowest BCUT2D eigenvalue weighted by atomic mass is 9.76. The van der Waals surface area contributed by atoms with Crippen molar-refractivity contribution in [1.82, 2.24) is 10.2 Å². The molecule has 0 bridgehead atoms. The highest BCUT2D eigenvalue weighted by Crippen LogP contribution is 2.42. The van der Waals surface area contributed by atoms with Crippen molar-refractivity contribution in [1.29, 1.82) is 0 Å². The second-order valence-corrected chi connectivity index (χ2v) is 12.0. The van der Waals surface area contributed by atoms with E-state index in [1.807, 2.05) is 98.8 Å². The van der Waals surface area contributed by atoms with Crippen molar-refractivity contribution in [3.8, 4) is 12.3 Å². The summed E-state index contributed by atoms with van der Waals surface area (Å²) < 4.78 is 5.75. The van der Waals surface area contributed by atoms with E-state index in [9.17, 15) is 9.59 Å². The number of amides is 1. The predicted octanol–water partition coefficient (Wildman–Crippen LogP) is 6.24. The van der Waals surface area contributed by atoms with Gasteiger partial charge in [-0.15, -0.1) is 18.2 Å². The van der Waals surface area contributed by atoms with Gasteiger partial charge in [-0.2, -0.15) is 0 Å². The van der Waals surface area contributed by atoms with E-state index in [4.69, 9.17) is 11.2 Å². The molecule has 0 aromatic heterocycles. The van der Waals surface area contributed by atoms with E-state index in [2.05, 4.69) is 47.6 Å². The van der Waals surface area contributed by atoms with Crippen molar-refractivity contribution in [2.24, 2.45) is 5.92 Å². The van der Waals surface area contributed by atoms with Gasteiger partial charge in [0.25, 0.3) is 0 Å². The number of likely N-dealkylation sites (tertiary alicyclic amines) is 1. The maximum atomic E-state index is 14.2. The number of benzene rings is 4. The van der Waals surface area contributed by atoms with E-state index in [-0.39, 0.29) is 23.8 Å². The number of nitrogens with zero attached hydrogens (tertiary/aromatic N) is 1. The van der Waals surface area contributed by atoms with Crippen LogP contribution in [0.3, 0.4) is 0 Å². The van der Waals surface area contributed by atoms with Gasteiger partial charge in [-0.3, -0.25) is 10.1 Å². The second kappa shape index (κ2) is 13.8. The van der Waals surface area contributed by atoms with Crippen molar-refractivity contribution in [2.45, 2.75) is 43.5 Å². The molecule has 1 aliphatic heterocycles. The zero-order valence-electron chi connectivity index (χ0n) is 24.4. The van der Waals surface area contributed by atoms with Gasteiger partial charge in [-0.1, -0.05) is 141 Å². The van der Waals surface area contributed by atoms with Gasteiger partial charge in [0.2, 0.25) is 5.91 Å². The van der Waals surface area contributed by atoms with Crippen LogP contribution in [-0.2, 0) is 26.5 Å². The molecule has 1 N–H and O–H groups in total. The van der Waals surface area contributed by atoms with Crippen LogP contribution in [0.1, 0.15) is 36.1 Å². The number of carbonyl (C=O) groups is 2. The topological polar surface area (TPSA) is 58.6 Å². The zero-order valence-corrected chi connectivity index (χ0v) is 25.2. The van der Waals surface area contributed by atoms with Crippen LogP contribution in [0, 0.1) is 18.3 Å². The Morgan fingerprint density at radius 1 is 0.860 bits per heavy atom. The Balaban J connectivity index is 1.52. The Hall–Kier alpha value is -4.31. The molecule has 3 atom stereocenters. The molecule has 0 spiro atoms. The minimum absolute atomic E-state index is 0.147. The lowest BCUT2D eigenvalue weighted by Gasteiger charge is -2.53. The first kappa shape index (κ1) is 30.2. The third-order valence-corrected chi connectivity index (χ3v) is 8.98. The number of terminal acetylenes is 1. The first-order valence-electron chi connectivity index (χ1n) is 14.5. The molecule has 0 saturated carbocycles. The summed E-state index contributed by atoms with van der Waals surface area (Å²) in [6.07, 6.45) is 5.70. The molecule has 5 nitrogen and oxygen atoms in total. The van der Waals surface area contributed by atoms with Crippen molar-refractivity contribution in [2.75, 3.05) is 5.75 Å². The molecule has 4 aromatic carbocycles. The number of β-lactam (4-membered cyclic amide) rings is 1. The van der Waals surface area contributed by atoms with Crippen LogP contribution in [-0.4, -0.2) is 40.0 Å². The third kappa shape index (κ3) is 6.24. The van der Waals surface area contributed by atoms with Crippen LogP contribution < -0.4 is 5.32 Å². The molecular weight excluding hydrogens is 552 g/mol. The van der Waals surface area contributed by atoms with Crippen molar-refractivity contribution >= 4 is 23.6 Å². The summed E-state index contributed by atoms with van der Waals surface area (Å²) in [5, 5.41) is 3.43. The molecule has 43 heavy (non-hydrogen) atoms. The molecule has 1 fully saturated rings. The average Bonchev–Trinajstić information content (AvgIpc) is 3.06. The zero-order chi connectivity index (χ0) is 30.2. The van der Waals surface area contributed by atoms with Crippen LogP contribution in [0.15, 0.2) is 121 Å². The molecule has 218 valence electrons. The molecule has 0 aliphatic carbocycles. The Morgan fingerprint density at radius 2 is 1.33 bits per heavy atom. The Morgan fingerprint density at radius 3 is 1.77 bits per heavy atom. The summed E-state index contributed by atoms with van der Waals surface area (Å²) in [5.74, 6) is 2.36. The largest absolute Gasteiger partial charge is 0.459 e. The normalized spacial score (nSPS) is 17.2. The molecule has 1 amide bonds. The van der Waals surface area contributed by atoms with E-state index >= 15 is 0 Å². The molecular formula is C37H36N2O3S. The van der Waals surface area contributed by atoms with E-state index in [1.54, 1.807) is 4.90 Å². The van der Waals surface area contributed by atoms with Gasteiger partial charge in [0.05, 0.1) is 11.3 Å². The molecule has 1 saturated heterocycles. The highest BCUT2D eigenvalue weighted by molar-refractivity contribution is 8.00. The second-order valence-electron chi connectivity index (χ2n) is 10.9. The van der Waals surface area contributed by atoms with Crippen LogP contribution in [0.2, 0.25) is 0 Å². The Bertz CT molecular complexity index is 1440. The van der Waals surface area contributed by atoms with Crippen LogP contribution in [0.25, 0.3) is 0 Å². The fourth-order valence-corrected chi connectivity index (χ4v) is 6.83. The number of thioether (sulfide) groups is 1. The fraction of sp³-hybridized carbons (Fsp3) is 0.243. The lowest BCUT2D eigenvalue weighted by Crippen LogP contribution is -2.75. The van der Waals surface area contributed by atoms with Crippen LogP contribution >= 0.6 is 11.8 Å². The van der Waals surface area contributed by atoms with Gasteiger partial charge >= 0.3 is 5.97 Å². The van der Waals surface area contributed by atoms with Gasteiger partial charge in [-0.05, 0) is 28.2 Å². The maximum Gasteiger partial charge on any atom is 0.329 e. The van der Waals surface area contributed by atoms with Gasteiger partial charge in [0.15, 0.2) is 0 Å². The van der Waals surface area contributed by atoms with Crippen molar-refractivity contribution < 1.29 is 14.3 Å². The molecule has 1 aliphatic rings. The molecule has 1 heterocycles. The third-order valence-electron chi connectivity index (χ3n) is 7.81. The molecule has 0 radical (unpaired) electrons. The quantitative estimate of drug-likeness (QED) is 0.0919. The van der Waals surface area contributed by atoms with Crippen molar-refractivity contribution in [3.63, 3.8) is 0 Å². The first-order chi connectivity index (χ1) is 21.0. The summed E-state index contributed by atoms with van der Waals surface area (Å²) in [6, 6.07) is 38.7. The number of rotatable bonds is 12. The van der Waals surface area contributed by atoms with E-state index < -0.39 is 23.6 Å². The monoisotopic (exact) mass is 588 g/mol. The van der Waals surface area contributed by atoms with Gasteiger partial charge in [0, 0.05) is 0 Å². The van der Waals surface area contributed by atoms with Crippen LogP contribution in [0.5, 0.6) is 0 Å². The number of nitrogens with one attached hydrogen (secondary N) is 1. The lowest BCUT2D eigenvalue weighted by molar-refractivity contribution is -0.168. The average molecular weight is 589 g/mol. The predicted molar refractivity (Wildman–Crippen MR) is 173 cm³/mol. The minimum Gasteiger partial charge on any atom is -0.459 e. The summed E-state index contributed by atoms with van der Waals surface area (Å²) in [6.45, 7) is 4.02. The highest BCUT2D eigenvalue weighted by atomic mass is 32.2. The molecule has 5 rings (SSSR count). The fourth-order valence-electron chi connectivity index (χ4n) is 5.79. The number of hydrogen-bond acceptors (Lipinski definition) is 5. The SMILES string of the molecule is C#CCSC1C(NC(c2ccccc2)(c2ccccc2)c2ccccc2)C(=O)N1C(C(=O)OCc1ccccc1)C(C)C. The number of hydrogen-bond donors (Lipinski definition) is 1. The molecule has 6 heteroatoms. The number of carbonyl (C=O) groups excluding carboxylic acids is 2. The maximum absolute atomic E-state index is 14.2. The number of esters is 1. The van der Waals surface area contributed by atoms with E-state index in [0.717, 1.165) is 22.3 Å². The van der Waals surface area contributed by atoms with Crippen LogP contribution in [0.4, 0.5) is 0 Å². The summed E-state index contributed by atoms with van der Waals surface area (Å²) in [4.78, 5) is 29.4. The summed E-state index contributed by atoms with van der Waals surface area (Å²) >= 11 is 1.49. The summed E-state index contributed by atoms with van der Waals surface area (Å²) in [7, 11) is 0. The Kier molecular flexibility index (Phi) is 9.66. The summed E-state index contributed by atoms with van der Waals surface area (Å²) in [5.41, 5.74) is 3.06. The van der Waals surface area contributed by atoms with Gasteiger partial charge in [0.1, 0.15) is 24.1 Å². The standard InChI is InChI=1S/C37H36N2O3S/c1-4-25-43-35-32(34(40)39(35)33(27(2)3)36(41)42-26-28-17-9-5-10-18-28)38-37(29-19-11-6-12-20-29,30-21-13-7-14-22-30)31-23-15-8-16-24-31/h1,5-24,27,32-33,35,38H,25-26H2,2-3H3. The van der Waals surface area contributed by atoms with Gasteiger partial charge in [-0.25, -0.2) is 4.79 Å².